The highest BCUT2D eigenvalue weighted by Gasteiger charge is 2.48. The van der Waals surface area contributed by atoms with Crippen molar-refractivity contribution in [2.75, 3.05) is 7.11 Å². The number of hydrogen-bond donors (Lipinski definition) is 2. The Labute approximate surface area is 116 Å². The summed E-state index contributed by atoms with van der Waals surface area (Å²) in [5.74, 6) is 6.98. The van der Waals surface area contributed by atoms with E-state index in [1.807, 2.05) is 0 Å². The van der Waals surface area contributed by atoms with Gasteiger partial charge in [-0.15, -0.1) is 0 Å². The summed E-state index contributed by atoms with van der Waals surface area (Å²) in [6.07, 6.45) is 1.31. The fourth-order valence-electron chi connectivity index (χ4n) is 3.17. The van der Waals surface area contributed by atoms with Crippen LogP contribution in [-0.2, 0) is 4.74 Å². The zero-order valence-electron chi connectivity index (χ0n) is 12.4. The van der Waals surface area contributed by atoms with Crippen LogP contribution >= 0.6 is 0 Å². The summed E-state index contributed by atoms with van der Waals surface area (Å²) in [4.78, 5) is 0. The van der Waals surface area contributed by atoms with Crippen molar-refractivity contribution in [2.45, 2.75) is 45.3 Å². The SMILES string of the molecule is COC(C(NN)C1CC1c1ccccc1)C(C)(C)C. The highest BCUT2D eigenvalue weighted by atomic mass is 16.5. The maximum Gasteiger partial charge on any atom is 0.0788 e. The number of benzene rings is 1. The van der Waals surface area contributed by atoms with Crippen molar-refractivity contribution in [2.24, 2.45) is 17.2 Å². The topological polar surface area (TPSA) is 47.3 Å². The first-order chi connectivity index (χ1) is 8.99. The Morgan fingerprint density at radius 2 is 1.89 bits per heavy atom. The fraction of sp³-hybridized carbons (Fsp3) is 0.625. The number of methoxy groups -OCH3 is 1. The van der Waals surface area contributed by atoms with Gasteiger partial charge in [0.25, 0.3) is 0 Å². The largest absolute Gasteiger partial charge is 0.379 e. The Morgan fingerprint density at radius 3 is 2.37 bits per heavy atom. The number of ether oxygens (including phenoxy) is 1. The van der Waals surface area contributed by atoms with Crippen LogP contribution in [0.3, 0.4) is 0 Å². The number of hydrogen-bond acceptors (Lipinski definition) is 3. The highest BCUT2D eigenvalue weighted by Crippen LogP contribution is 2.51. The van der Waals surface area contributed by atoms with Gasteiger partial charge in [-0.1, -0.05) is 51.1 Å². The monoisotopic (exact) mass is 262 g/mol. The van der Waals surface area contributed by atoms with Crippen LogP contribution < -0.4 is 11.3 Å². The van der Waals surface area contributed by atoms with Crippen LogP contribution in [0.15, 0.2) is 30.3 Å². The van der Waals surface area contributed by atoms with Crippen molar-refractivity contribution in [3.05, 3.63) is 35.9 Å². The van der Waals surface area contributed by atoms with Crippen LogP contribution in [0.1, 0.15) is 38.7 Å². The molecule has 1 saturated carbocycles. The molecule has 3 nitrogen and oxygen atoms in total. The summed E-state index contributed by atoms with van der Waals surface area (Å²) in [7, 11) is 1.78. The van der Waals surface area contributed by atoms with E-state index < -0.39 is 0 Å². The molecule has 0 heterocycles. The van der Waals surface area contributed by atoms with E-state index >= 15 is 0 Å². The second-order valence-corrected chi connectivity index (χ2v) is 6.63. The van der Waals surface area contributed by atoms with Gasteiger partial charge in [-0.2, -0.15) is 0 Å². The molecule has 3 heteroatoms. The maximum absolute atomic E-state index is 5.80. The lowest BCUT2D eigenvalue weighted by molar-refractivity contribution is -0.0172. The first-order valence-electron chi connectivity index (χ1n) is 7.03. The van der Waals surface area contributed by atoms with E-state index in [9.17, 15) is 0 Å². The van der Waals surface area contributed by atoms with Crippen LogP contribution in [0.4, 0.5) is 0 Å². The normalized spacial score (nSPS) is 25.9. The molecule has 1 aromatic carbocycles. The molecule has 1 aliphatic carbocycles. The molecule has 0 aliphatic heterocycles. The van der Waals surface area contributed by atoms with Gasteiger partial charge in [-0.3, -0.25) is 11.3 Å². The molecule has 4 unspecified atom stereocenters. The highest BCUT2D eigenvalue weighted by molar-refractivity contribution is 5.27. The van der Waals surface area contributed by atoms with E-state index in [1.54, 1.807) is 7.11 Å². The zero-order valence-corrected chi connectivity index (χ0v) is 12.4. The van der Waals surface area contributed by atoms with E-state index in [0.29, 0.717) is 11.8 Å². The third-order valence-corrected chi connectivity index (χ3v) is 4.15. The van der Waals surface area contributed by atoms with Gasteiger partial charge >= 0.3 is 0 Å². The van der Waals surface area contributed by atoms with Gasteiger partial charge in [-0.05, 0) is 29.2 Å². The smallest absolute Gasteiger partial charge is 0.0788 e. The van der Waals surface area contributed by atoms with E-state index in [4.69, 9.17) is 10.6 Å². The minimum absolute atomic E-state index is 0.0790. The molecule has 1 aromatic rings. The first kappa shape index (κ1) is 14.5. The fourth-order valence-corrected chi connectivity index (χ4v) is 3.17. The van der Waals surface area contributed by atoms with Crippen LogP contribution in [0.25, 0.3) is 0 Å². The predicted octanol–water partition coefficient (Wildman–Crippen LogP) is 2.68. The van der Waals surface area contributed by atoms with Gasteiger partial charge in [0.15, 0.2) is 0 Å². The average molecular weight is 262 g/mol. The second kappa shape index (κ2) is 5.61. The van der Waals surface area contributed by atoms with E-state index in [1.165, 1.54) is 12.0 Å². The van der Waals surface area contributed by atoms with Crippen molar-refractivity contribution in [1.29, 1.82) is 0 Å². The Hall–Kier alpha value is -0.900. The van der Waals surface area contributed by atoms with Crippen LogP contribution in [-0.4, -0.2) is 19.3 Å². The summed E-state index contributed by atoms with van der Waals surface area (Å²) in [5.41, 5.74) is 4.49. The number of rotatable bonds is 5. The van der Waals surface area contributed by atoms with Gasteiger partial charge in [-0.25, -0.2) is 0 Å². The first-order valence-corrected chi connectivity index (χ1v) is 7.03. The summed E-state index contributed by atoms with van der Waals surface area (Å²) in [6.45, 7) is 6.60. The standard InChI is InChI=1S/C16H26N2O/c1-16(2,3)15(19-4)14(18-17)13-10-12(13)11-8-6-5-7-9-11/h5-9,12-15,18H,10,17H2,1-4H3. The molecule has 3 N–H and O–H groups in total. The average Bonchev–Trinajstić information content (AvgIpc) is 3.15. The minimum atomic E-state index is 0.0790. The molecule has 2 rings (SSSR count). The third-order valence-electron chi connectivity index (χ3n) is 4.15. The summed E-state index contributed by atoms with van der Waals surface area (Å²) < 4.78 is 5.71. The van der Waals surface area contributed by atoms with Gasteiger partial charge in [0, 0.05) is 7.11 Å². The molecule has 19 heavy (non-hydrogen) atoms. The number of hydrazine groups is 1. The van der Waals surface area contributed by atoms with Gasteiger partial charge in [0.2, 0.25) is 0 Å². The van der Waals surface area contributed by atoms with E-state index in [0.717, 1.165) is 0 Å². The summed E-state index contributed by atoms with van der Waals surface area (Å²) in [6, 6.07) is 10.9. The van der Waals surface area contributed by atoms with E-state index in [-0.39, 0.29) is 17.6 Å². The minimum Gasteiger partial charge on any atom is -0.379 e. The lowest BCUT2D eigenvalue weighted by Crippen LogP contribution is -2.52. The van der Waals surface area contributed by atoms with Crippen molar-refractivity contribution >= 4 is 0 Å². The second-order valence-electron chi connectivity index (χ2n) is 6.63. The molecule has 0 saturated heterocycles. The molecular formula is C16H26N2O. The molecule has 4 atom stereocenters. The zero-order chi connectivity index (χ0) is 14.0. The predicted molar refractivity (Wildman–Crippen MR) is 78.7 cm³/mol. The van der Waals surface area contributed by atoms with Crippen LogP contribution in [0, 0.1) is 11.3 Å². The summed E-state index contributed by atoms with van der Waals surface area (Å²) in [5, 5.41) is 0. The van der Waals surface area contributed by atoms with Crippen LogP contribution in [0.2, 0.25) is 0 Å². The molecule has 0 spiro atoms. The number of nitrogens with two attached hydrogens (primary N) is 1. The molecule has 1 aliphatic rings. The van der Waals surface area contributed by atoms with Crippen molar-refractivity contribution in [3.63, 3.8) is 0 Å². The molecule has 1 fully saturated rings. The number of nitrogens with one attached hydrogen (secondary N) is 1. The lowest BCUT2D eigenvalue weighted by atomic mass is 9.82. The van der Waals surface area contributed by atoms with Gasteiger partial charge in [0.05, 0.1) is 12.1 Å². The molecule has 0 aromatic heterocycles. The molecule has 0 bridgehead atoms. The Morgan fingerprint density at radius 1 is 1.26 bits per heavy atom. The molecule has 0 amide bonds. The van der Waals surface area contributed by atoms with Gasteiger partial charge in [0.1, 0.15) is 0 Å². The van der Waals surface area contributed by atoms with Crippen molar-refractivity contribution < 1.29 is 4.74 Å². The molecular weight excluding hydrogens is 236 g/mol. The molecule has 106 valence electrons. The Kier molecular flexibility index (Phi) is 4.29. The Balaban J connectivity index is 2.09. The van der Waals surface area contributed by atoms with E-state index in [2.05, 4.69) is 56.5 Å². The van der Waals surface area contributed by atoms with Crippen molar-refractivity contribution in [1.82, 2.24) is 5.43 Å². The third kappa shape index (κ3) is 3.16. The maximum atomic E-state index is 5.80. The molecule has 0 radical (unpaired) electrons. The summed E-state index contributed by atoms with van der Waals surface area (Å²) >= 11 is 0. The van der Waals surface area contributed by atoms with Crippen LogP contribution in [0.5, 0.6) is 0 Å². The quantitative estimate of drug-likeness (QED) is 0.633. The van der Waals surface area contributed by atoms with Gasteiger partial charge < -0.3 is 4.74 Å². The van der Waals surface area contributed by atoms with Crippen molar-refractivity contribution in [3.8, 4) is 0 Å². The Bertz CT molecular complexity index is 399. The lowest BCUT2D eigenvalue weighted by Gasteiger charge is -2.36.